The summed E-state index contributed by atoms with van der Waals surface area (Å²) in [5.41, 5.74) is 0. The molecule has 0 radical (unpaired) electrons. The Hall–Kier alpha value is -1.71. The Bertz CT molecular complexity index is 909. The van der Waals surface area contributed by atoms with Crippen molar-refractivity contribution in [2.24, 2.45) is 0 Å². The van der Waals surface area contributed by atoms with Gasteiger partial charge >= 0.3 is 0 Å². The summed E-state index contributed by atoms with van der Waals surface area (Å²) in [5, 5.41) is 0. The second kappa shape index (κ2) is 7.73. The molecule has 144 valence electrons. The summed E-state index contributed by atoms with van der Waals surface area (Å²) in [6.07, 6.45) is 4.00. The molecule has 2 aliphatic heterocycles. The predicted molar refractivity (Wildman–Crippen MR) is 109 cm³/mol. The molecule has 0 bridgehead atoms. The van der Waals surface area contributed by atoms with Crippen LogP contribution in [0, 0.1) is 0 Å². The topological polar surface area (TPSA) is 69.6 Å². The van der Waals surface area contributed by atoms with Crippen molar-refractivity contribution in [1.82, 2.24) is 14.3 Å². The van der Waals surface area contributed by atoms with Crippen LogP contribution in [0.5, 0.6) is 0 Å². The lowest BCUT2D eigenvalue weighted by Crippen LogP contribution is -2.49. The summed E-state index contributed by atoms with van der Waals surface area (Å²) in [6, 6.07) is 8.97. The third-order valence-electron chi connectivity index (χ3n) is 5.09. The molecule has 1 aromatic heterocycles. The van der Waals surface area contributed by atoms with Gasteiger partial charge in [-0.15, -0.1) is 0 Å². The Morgan fingerprint density at radius 1 is 0.852 bits per heavy atom. The lowest BCUT2D eigenvalue weighted by atomic mass is 10.3. The third kappa shape index (κ3) is 3.81. The summed E-state index contributed by atoms with van der Waals surface area (Å²) in [7, 11) is -3.50. The van der Waals surface area contributed by atoms with Crippen molar-refractivity contribution in [3.05, 3.63) is 41.1 Å². The quantitative estimate of drug-likeness (QED) is 0.710. The zero-order valence-electron chi connectivity index (χ0n) is 15.0. The van der Waals surface area contributed by atoms with Gasteiger partial charge in [-0.2, -0.15) is 4.31 Å². The number of sulfonamides is 1. The fourth-order valence-corrected chi connectivity index (χ4v) is 5.97. The van der Waals surface area contributed by atoms with Gasteiger partial charge in [-0.25, -0.2) is 18.4 Å². The first-order valence-electron chi connectivity index (χ1n) is 9.12. The van der Waals surface area contributed by atoms with Crippen LogP contribution in [0.4, 0.5) is 11.6 Å². The zero-order chi connectivity index (χ0) is 18.9. The average molecular weight is 452 g/mol. The van der Waals surface area contributed by atoms with Crippen molar-refractivity contribution >= 4 is 37.6 Å². The van der Waals surface area contributed by atoms with Gasteiger partial charge < -0.3 is 9.80 Å². The Balaban J connectivity index is 1.46. The minimum atomic E-state index is -3.50. The molecule has 0 unspecified atom stereocenters. The van der Waals surface area contributed by atoms with E-state index in [1.54, 1.807) is 28.8 Å². The molecule has 0 atom stereocenters. The van der Waals surface area contributed by atoms with Gasteiger partial charge in [0.2, 0.25) is 10.0 Å². The third-order valence-corrected chi connectivity index (χ3v) is 8.00. The van der Waals surface area contributed by atoms with Crippen molar-refractivity contribution < 1.29 is 8.42 Å². The minimum absolute atomic E-state index is 0.316. The second-order valence-corrected chi connectivity index (χ2v) is 9.51. The van der Waals surface area contributed by atoms with E-state index < -0.39 is 10.0 Å². The lowest BCUT2D eigenvalue weighted by Gasteiger charge is -2.35. The summed E-state index contributed by atoms with van der Waals surface area (Å²) < 4.78 is 28.0. The molecule has 0 amide bonds. The molecule has 2 saturated heterocycles. The SMILES string of the molecule is O=S(=O)(c1ccccc1Br)N1CCN(c2cc(N3CCCC3)ncn2)CC1. The number of halogens is 1. The Morgan fingerprint density at radius 2 is 1.44 bits per heavy atom. The van der Waals surface area contributed by atoms with Gasteiger partial charge in [0.25, 0.3) is 0 Å². The van der Waals surface area contributed by atoms with E-state index in [-0.39, 0.29) is 0 Å². The summed E-state index contributed by atoms with van der Waals surface area (Å²) in [5.74, 6) is 1.82. The molecule has 27 heavy (non-hydrogen) atoms. The molecule has 0 spiro atoms. The average Bonchev–Trinajstić information content (AvgIpc) is 3.23. The summed E-state index contributed by atoms with van der Waals surface area (Å²) >= 11 is 3.35. The molecule has 2 aromatic rings. The van der Waals surface area contributed by atoms with Crippen molar-refractivity contribution in [2.75, 3.05) is 49.1 Å². The minimum Gasteiger partial charge on any atom is -0.356 e. The number of benzene rings is 1. The van der Waals surface area contributed by atoms with Crippen LogP contribution in [0.3, 0.4) is 0 Å². The molecule has 7 nitrogen and oxygen atoms in total. The van der Waals surface area contributed by atoms with Crippen LogP contribution in [0.25, 0.3) is 0 Å². The van der Waals surface area contributed by atoms with Crippen LogP contribution >= 0.6 is 15.9 Å². The molecular formula is C18H22BrN5O2S. The standard InChI is InChI=1S/C18H22BrN5O2S/c19-15-5-1-2-6-16(15)27(25,26)24-11-9-23(10-12-24)18-13-17(20-14-21-18)22-7-3-4-8-22/h1-2,5-6,13-14H,3-4,7-12H2. The Morgan fingerprint density at radius 3 is 2.07 bits per heavy atom. The maximum atomic E-state index is 12.9. The number of hydrogen-bond donors (Lipinski definition) is 0. The van der Waals surface area contributed by atoms with E-state index >= 15 is 0 Å². The monoisotopic (exact) mass is 451 g/mol. The first-order chi connectivity index (χ1) is 13.1. The molecule has 1 aromatic carbocycles. The molecule has 0 saturated carbocycles. The molecule has 3 heterocycles. The van der Waals surface area contributed by atoms with Crippen LogP contribution in [-0.2, 0) is 10.0 Å². The number of piperazine rings is 1. The fourth-order valence-electron chi connectivity index (χ4n) is 3.58. The summed E-state index contributed by atoms with van der Waals surface area (Å²) in [6.45, 7) is 4.17. The van der Waals surface area contributed by atoms with Crippen LogP contribution in [0.2, 0.25) is 0 Å². The highest BCUT2D eigenvalue weighted by molar-refractivity contribution is 9.10. The Kier molecular flexibility index (Phi) is 5.34. The molecule has 0 N–H and O–H groups in total. The number of rotatable bonds is 4. The van der Waals surface area contributed by atoms with Gasteiger partial charge in [-0.3, -0.25) is 0 Å². The van der Waals surface area contributed by atoms with E-state index in [4.69, 9.17) is 0 Å². The van der Waals surface area contributed by atoms with Gasteiger partial charge in [0.05, 0.1) is 4.90 Å². The highest BCUT2D eigenvalue weighted by Crippen LogP contribution is 2.27. The first kappa shape index (κ1) is 18.6. The van der Waals surface area contributed by atoms with Crippen molar-refractivity contribution in [3.63, 3.8) is 0 Å². The number of anilines is 2. The highest BCUT2D eigenvalue weighted by Gasteiger charge is 2.30. The van der Waals surface area contributed by atoms with Crippen molar-refractivity contribution in [3.8, 4) is 0 Å². The first-order valence-corrected chi connectivity index (χ1v) is 11.4. The lowest BCUT2D eigenvalue weighted by molar-refractivity contribution is 0.383. The molecule has 4 rings (SSSR count). The van der Waals surface area contributed by atoms with Crippen LogP contribution in [0.15, 0.2) is 46.0 Å². The van der Waals surface area contributed by atoms with E-state index in [1.807, 2.05) is 12.1 Å². The number of hydrogen-bond acceptors (Lipinski definition) is 6. The zero-order valence-corrected chi connectivity index (χ0v) is 17.4. The van der Waals surface area contributed by atoms with E-state index in [9.17, 15) is 8.42 Å². The van der Waals surface area contributed by atoms with Gasteiger partial charge in [-0.1, -0.05) is 12.1 Å². The molecule has 2 aliphatic rings. The van der Waals surface area contributed by atoms with Crippen LogP contribution in [0.1, 0.15) is 12.8 Å². The molecule has 9 heteroatoms. The van der Waals surface area contributed by atoms with E-state index in [0.717, 1.165) is 24.7 Å². The smallest absolute Gasteiger partial charge is 0.244 e. The van der Waals surface area contributed by atoms with E-state index in [2.05, 4.69) is 35.7 Å². The maximum absolute atomic E-state index is 12.9. The van der Waals surface area contributed by atoms with Gasteiger partial charge in [0, 0.05) is 49.8 Å². The van der Waals surface area contributed by atoms with Crippen molar-refractivity contribution in [1.29, 1.82) is 0 Å². The number of nitrogens with zero attached hydrogens (tertiary/aromatic N) is 5. The van der Waals surface area contributed by atoms with E-state index in [1.165, 1.54) is 12.8 Å². The Labute approximate surface area is 168 Å². The molecular weight excluding hydrogens is 430 g/mol. The fraction of sp³-hybridized carbons (Fsp3) is 0.444. The molecule has 2 fully saturated rings. The second-order valence-electron chi connectivity index (χ2n) is 6.75. The number of aromatic nitrogens is 2. The van der Waals surface area contributed by atoms with Crippen LogP contribution in [-0.4, -0.2) is 62.0 Å². The maximum Gasteiger partial charge on any atom is 0.244 e. The molecule has 0 aliphatic carbocycles. The highest BCUT2D eigenvalue weighted by atomic mass is 79.9. The van der Waals surface area contributed by atoms with Gasteiger partial charge in [0.1, 0.15) is 18.0 Å². The largest absolute Gasteiger partial charge is 0.356 e. The predicted octanol–water partition coefficient (Wildman–Crippen LogP) is 2.35. The normalized spacial score (nSPS) is 18.9. The van der Waals surface area contributed by atoms with Gasteiger partial charge in [-0.05, 0) is 40.9 Å². The van der Waals surface area contributed by atoms with Crippen molar-refractivity contribution in [2.45, 2.75) is 17.7 Å². The van der Waals surface area contributed by atoms with E-state index in [0.29, 0.717) is 35.5 Å². The van der Waals surface area contributed by atoms with Crippen LogP contribution < -0.4 is 9.80 Å². The van der Waals surface area contributed by atoms with Gasteiger partial charge in [0.15, 0.2) is 0 Å². The summed E-state index contributed by atoms with van der Waals surface area (Å²) in [4.78, 5) is 13.5.